The van der Waals surface area contributed by atoms with E-state index in [4.69, 9.17) is 0 Å². The molecule has 2 aromatic rings. The van der Waals surface area contributed by atoms with Gasteiger partial charge in [-0.3, -0.25) is 0 Å². The molecule has 0 unspecified atom stereocenters. The molecule has 0 radical (unpaired) electrons. The first kappa shape index (κ1) is 23.6. The zero-order valence-electron chi connectivity index (χ0n) is 18.3. The van der Waals surface area contributed by atoms with Crippen LogP contribution in [0.3, 0.4) is 0 Å². The maximum Gasteiger partial charge on any atom is 0.248 e. The molecule has 2 aromatic carbocycles. The highest BCUT2D eigenvalue weighted by Gasteiger charge is 2.35. The summed E-state index contributed by atoms with van der Waals surface area (Å²) >= 11 is 0. The maximum absolute atomic E-state index is 14.7. The van der Waals surface area contributed by atoms with Crippen LogP contribution in [0.25, 0.3) is 17.2 Å². The zero-order chi connectivity index (χ0) is 22.3. The highest BCUT2D eigenvalue weighted by atomic mass is 19.3. The minimum absolute atomic E-state index is 0.0903. The van der Waals surface area contributed by atoms with Crippen LogP contribution in [0.1, 0.15) is 88.2 Å². The third-order valence-corrected chi connectivity index (χ3v) is 6.29. The van der Waals surface area contributed by atoms with Gasteiger partial charge in [-0.1, -0.05) is 81.2 Å². The molecule has 0 aliphatic heterocycles. The lowest BCUT2D eigenvalue weighted by Crippen LogP contribution is -2.23. The number of unbranched alkanes of at least 4 members (excludes halogenated alkanes) is 5. The Kier molecular flexibility index (Phi) is 8.34. The van der Waals surface area contributed by atoms with Crippen LogP contribution < -0.4 is 0 Å². The summed E-state index contributed by atoms with van der Waals surface area (Å²) in [6.45, 7) is 2.18. The van der Waals surface area contributed by atoms with Gasteiger partial charge < -0.3 is 0 Å². The summed E-state index contributed by atoms with van der Waals surface area (Å²) in [7, 11) is 0. The number of alkyl halides is 2. The van der Waals surface area contributed by atoms with Crippen molar-refractivity contribution in [2.24, 2.45) is 0 Å². The predicted octanol–water partition coefficient (Wildman–Crippen LogP) is 9.30. The lowest BCUT2D eigenvalue weighted by atomic mass is 9.82. The Morgan fingerprint density at radius 1 is 0.871 bits per heavy atom. The zero-order valence-corrected chi connectivity index (χ0v) is 18.3. The topological polar surface area (TPSA) is 0 Å². The molecule has 31 heavy (non-hydrogen) atoms. The number of rotatable bonds is 9. The largest absolute Gasteiger partial charge is 0.248 e. The fourth-order valence-electron chi connectivity index (χ4n) is 4.30. The monoisotopic (exact) mass is 432 g/mol. The van der Waals surface area contributed by atoms with Crippen molar-refractivity contribution in [2.45, 2.75) is 83.0 Å². The van der Waals surface area contributed by atoms with Crippen molar-refractivity contribution in [1.82, 2.24) is 0 Å². The molecule has 0 saturated heterocycles. The van der Waals surface area contributed by atoms with Crippen molar-refractivity contribution in [3.63, 3.8) is 0 Å². The number of hydrogen-bond acceptors (Lipinski definition) is 0. The molecule has 1 aliphatic carbocycles. The Labute approximate surface area is 183 Å². The summed E-state index contributed by atoms with van der Waals surface area (Å²) in [6.07, 6.45) is 11.0. The van der Waals surface area contributed by atoms with E-state index in [1.54, 1.807) is 30.3 Å². The van der Waals surface area contributed by atoms with E-state index in [1.807, 2.05) is 18.2 Å². The average Bonchev–Trinajstić information content (AvgIpc) is 2.76. The predicted molar refractivity (Wildman–Crippen MR) is 120 cm³/mol. The standard InChI is InChI=1S/C27H32F4/c1-2-3-4-5-6-7-8-9-23-14-15-24(26(29)25(23)28)22-12-10-20(11-13-22)21-16-18-27(30,31)19-17-21/h8-15,21H,2-7,16-19H2,1H3. The summed E-state index contributed by atoms with van der Waals surface area (Å²) in [5, 5.41) is 0. The van der Waals surface area contributed by atoms with E-state index >= 15 is 0 Å². The third kappa shape index (κ3) is 6.44. The van der Waals surface area contributed by atoms with Gasteiger partial charge in [0.2, 0.25) is 5.92 Å². The molecular formula is C27H32F4. The summed E-state index contributed by atoms with van der Waals surface area (Å²) in [5.74, 6) is -4.14. The van der Waals surface area contributed by atoms with Gasteiger partial charge >= 0.3 is 0 Å². The molecule has 1 saturated carbocycles. The molecular weight excluding hydrogens is 400 g/mol. The molecule has 4 heteroatoms. The Morgan fingerprint density at radius 3 is 2.23 bits per heavy atom. The van der Waals surface area contributed by atoms with Crippen LogP contribution in [-0.4, -0.2) is 5.92 Å². The van der Waals surface area contributed by atoms with Gasteiger partial charge in [0.1, 0.15) is 0 Å². The van der Waals surface area contributed by atoms with Crippen LogP contribution in [0.2, 0.25) is 0 Å². The van der Waals surface area contributed by atoms with E-state index in [2.05, 4.69) is 6.92 Å². The van der Waals surface area contributed by atoms with E-state index in [-0.39, 0.29) is 29.9 Å². The number of halogens is 4. The normalized spacial score (nSPS) is 16.8. The Bertz CT molecular complexity index is 858. The quantitative estimate of drug-likeness (QED) is 0.273. The molecule has 0 atom stereocenters. The van der Waals surface area contributed by atoms with Crippen LogP contribution in [0, 0.1) is 11.6 Å². The molecule has 1 aliphatic rings. The second-order valence-electron chi connectivity index (χ2n) is 8.69. The average molecular weight is 433 g/mol. The second-order valence-corrected chi connectivity index (χ2v) is 8.69. The molecule has 0 heterocycles. The number of hydrogen-bond donors (Lipinski definition) is 0. The van der Waals surface area contributed by atoms with Gasteiger partial charge in [-0.25, -0.2) is 17.6 Å². The molecule has 0 aromatic heterocycles. The van der Waals surface area contributed by atoms with Gasteiger partial charge in [-0.2, -0.15) is 0 Å². The van der Waals surface area contributed by atoms with Crippen molar-refractivity contribution in [1.29, 1.82) is 0 Å². The maximum atomic E-state index is 14.7. The van der Waals surface area contributed by atoms with Crippen LogP contribution in [-0.2, 0) is 0 Å². The molecule has 3 rings (SSSR count). The van der Waals surface area contributed by atoms with E-state index in [0.717, 1.165) is 24.8 Å². The first-order chi connectivity index (χ1) is 14.9. The molecule has 0 N–H and O–H groups in total. The van der Waals surface area contributed by atoms with Gasteiger partial charge in [0.15, 0.2) is 11.6 Å². The van der Waals surface area contributed by atoms with Crippen molar-refractivity contribution in [3.8, 4) is 11.1 Å². The van der Waals surface area contributed by atoms with Gasteiger partial charge in [0, 0.05) is 24.0 Å². The Hall–Kier alpha value is -2.10. The third-order valence-electron chi connectivity index (χ3n) is 6.29. The highest BCUT2D eigenvalue weighted by molar-refractivity contribution is 5.67. The minimum Gasteiger partial charge on any atom is -0.207 e. The van der Waals surface area contributed by atoms with Crippen molar-refractivity contribution in [2.75, 3.05) is 0 Å². The van der Waals surface area contributed by atoms with E-state index in [0.29, 0.717) is 18.4 Å². The van der Waals surface area contributed by atoms with Gasteiger partial charge in [-0.15, -0.1) is 0 Å². The van der Waals surface area contributed by atoms with Crippen LogP contribution in [0.15, 0.2) is 42.5 Å². The summed E-state index contributed by atoms with van der Waals surface area (Å²) in [4.78, 5) is 0. The Morgan fingerprint density at radius 2 is 1.55 bits per heavy atom. The second kappa shape index (κ2) is 11.0. The lowest BCUT2D eigenvalue weighted by Gasteiger charge is -2.28. The molecule has 168 valence electrons. The first-order valence-electron chi connectivity index (χ1n) is 11.5. The molecule has 0 spiro atoms. The van der Waals surface area contributed by atoms with E-state index in [1.165, 1.54) is 19.3 Å². The molecule has 0 amide bonds. The lowest BCUT2D eigenvalue weighted by molar-refractivity contribution is -0.0382. The van der Waals surface area contributed by atoms with Crippen LogP contribution in [0.5, 0.6) is 0 Å². The van der Waals surface area contributed by atoms with Crippen molar-refractivity contribution >= 4 is 6.08 Å². The summed E-state index contributed by atoms with van der Waals surface area (Å²) in [6, 6.07) is 10.4. The first-order valence-corrected chi connectivity index (χ1v) is 11.5. The van der Waals surface area contributed by atoms with Crippen molar-refractivity contribution < 1.29 is 17.6 Å². The Balaban J connectivity index is 1.63. The molecule has 1 fully saturated rings. The number of allylic oxidation sites excluding steroid dienone is 1. The molecule has 0 nitrogen and oxygen atoms in total. The smallest absolute Gasteiger partial charge is 0.207 e. The molecule has 0 bridgehead atoms. The summed E-state index contributed by atoms with van der Waals surface area (Å²) < 4.78 is 56.0. The van der Waals surface area contributed by atoms with Gasteiger partial charge in [0.05, 0.1) is 0 Å². The van der Waals surface area contributed by atoms with Crippen molar-refractivity contribution in [3.05, 3.63) is 65.2 Å². The SMILES string of the molecule is CCCCCCCC=Cc1ccc(-c2ccc(C3CCC(F)(F)CC3)cc2)c(F)c1F. The van der Waals surface area contributed by atoms with Gasteiger partial charge in [-0.05, 0) is 42.7 Å². The fourth-order valence-corrected chi connectivity index (χ4v) is 4.30. The van der Waals surface area contributed by atoms with E-state index < -0.39 is 17.6 Å². The van der Waals surface area contributed by atoms with E-state index in [9.17, 15) is 17.6 Å². The van der Waals surface area contributed by atoms with Gasteiger partial charge in [0.25, 0.3) is 0 Å². The van der Waals surface area contributed by atoms with Crippen LogP contribution in [0.4, 0.5) is 17.6 Å². The number of benzene rings is 2. The summed E-state index contributed by atoms with van der Waals surface area (Å²) in [5.41, 5.74) is 2.05. The fraction of sp³-hybridized carbons (Fsp3) is 0.481. The van der Waals surface area contributed by atoms with Crippen LogP contribution >= 0.6 is 0 Å². The minimum atomic E-state index is -2.55. The highest BCUT2D eigenvalue weighted by Crippen LogP contribution is 2.41.